The Labute approximate surface area is 158 Å². The molecular formula is C20H22N6O. The quantitative estimate of drug-likeness (QED) is 0.697. The third-order valence-electron chi connectivity index (χ3n) is 5.01. The first-order valence-electron chi connectivity index (χ1n) is 9.30. The van der Waals surface area contributed by atoms with E-state index in [1.165, 1.54) is 0 Å². The molecule has 3 aromatic rings. The molecule has 0 saturated carbocycles. The number of hydrogen-bond donors (Lipinski definition) is 0. The van der Waals surface area contributed by atoms with Crippen LogP contribution in [0.25, 0.3) is 11.4 Å². The maximum Gasteiger partial charge on any atom is 0.257 e. The largest absolute Gasteiger partial charge is 0.337 e. The van der Waals surface area contributed by atoms with Crippen molar-refractivity contribution >= 4 is 5.91 Å². The molecule has 0 spiro atoms. The van der Waals surface area contributed by atoms with E-state index in [0.717, 1.165) is 44.3 Å². The average Bonchev–Trinajstić information content (AvgIpc) is 3.26. The van der Waals surface area contributed by atoms with Gasteiger partial charge in [0, 0.05) is 61.9 Å². The summed E-state index contributed by atoms with van der Waals surface area (Å²) in [5.41, 5.74) is 1.43. The average molecular weight is 362 g/mol. The third-order valence-corrected chi connectivity index (χ3v) is 5.01. The number of aromatic nitrogens is 5. The lowest BCUT2D eigenvalue weighted by molar-refractivity contribution is 0.0594. The highest BCUT2D eigenvalue weighted by Crippen LogP contribution is 2.23. The maximum absolute atomic E-state index is 13.0. The molecule has 0 radical (unpaired) electrons. The SMILES string of the molecule is O=C(c1cnc(-c2ccncc2)nc1)N1CCCC[C@H]1CCn1ccnc1. The van der Waals surface area contributed by atoms with Gasteiger partial charge in [-0.15, -0.1) is 0 Å². The minimum Gasteiger partial charge on any atom is -0.337 e. The van der Waals surface area contributed by atoms with Crippen LogP contribution in [0.3, 0.4) is 0 Å². The van der Waals surface area contributed by atoms with E-state index in [1.54, 1.807) is 31.0 Å². The summed E-state index contributed by atoms with van der Waals surface area (Å²) in [6, 6.07) is 3.95. The molecule has 1 atom stereocenters. The van der Waals surface area contributed by atoms with Crippen LogP contribution in [0.4, 0.5) is 0 Å². The zero-order valence-corrected chi connectivity index (χ0v) is 15.1. The first-order valence-corrected chi connectivity index (χ1v) is 9.30. The van der Waals surface area contributed by atoms with Crippen LogP contribution in [0.5, 0.6) is 0 Å². The molecule has 1 saturated heterocycles. The summed E-state index contributed by atoms with van der Waals surface area (Å²) in [6.07, 6.45) is 16.4. The van der Waals surface area contributed by atoms with Gasteiger partial charge in [0.05, 0.1) is 11.9 Å². The molecule has 4 rings (SSSR count). The maximum atomic E-state index is 13.0. The van der Waals surface area contributed by atoms with E-state index < -0.39 is 0 Å². The van der Waals surface area contributed by atoms with Crippen molar-refractivity contribution in [2.24, 2.45) is 0 Å². The van der Waals surface area contributed by atoms with E-state index in [-0.39, 0.29) is 11.9 Å². The number of aryl methyl sites for hydroxylation is 1. The highest BCUT2D eigenvalue weighted by atomic mass is 16.2. The van der Waals surface area contributed by atoms with Crippen molar-refractivity contribution in [2.75, 3.05) is 6.54 Å². The molecule has 3 aromatic heterocycles. The number of imidazole rings is 1. The Balaban J connectivity index is 1.46. The van der Waals surface area contributed by atoms with Crippen molar-refractivity contribution in [2.45, 2.75) is 38.3 Å². The van der Waals surface area contributed by atoms with Gasteiger partial charge >= 0.3 is 0 Å². The summed E-state index contributed by atoms with van der Waals surface area (Å²) >= 11 is 0. The summed E-state index contributed by atoms with van der Waals surface area (Å²) in [5, 5.41) is 0. The van der Waals surface area contributed by atoms with Crippen LogP contribution in [0.2, 0.25) is 0 Å². The molecule has 138 valence electrons. The van der Waals surface area contributed by atoms with Crippen molar-refractivity contribution in [3.63, 3.8) is 0 Å². The molecule has 7 heteroatoms. The minimum absolute atomic E-state index is 0.0200. The van der Waals surface area contributed by atoms with Crippen LogP contribution in [-0.4, -0.2) is 47.9 Å². The van der Waals surface area contributed by atoms with Crippen molar-refractivity contribution in [3.8, 4) is 11.4 Å². The van der Waals surface area contributed by atoms with E-state index in [2.05, 4.69) is 24.5 Å². The van der Waals surface area contributed by atoms with Gasteiger partial charge in [-0.25, -0.2) is 15.0 Å². The van der Waals surface area contributed by atoms with Gasteiger partial charge in [0.2, 0.25) is 0 Å². The van der Waals surface area contributed by atoms with Crippen LogP contribution in [-0.2, 0) is 6.54 Å². The second-order valence-corrected chi connectivity index (χ2v) is 6.77. The second-order valence-electron chi connectivity index (χ2n) is 6.77. The van der Waals surface area contributed by atoms with Crippen LogP contribution in [0.15, 0.2) is 55.6 Å². The van der Waals surface area contributed by atoms with E-state index in [9.17, 15) is 4.79 Å². The van der Waals surface area contributed by atoms with Crippen LogP contribution >= 0.6 is 0 Å². The fraction of sp³-hybridized carbons (Fsp3) is 0.350. The molecule has 4 heterocycles. The molecule has 7 nitrogen and oxygen atoms in total. The number of rotatable bonds is 5. The molecular weight excluding hydrogens is 340 g/mol. The standard InChI is InChI=1S/C20H22N6O/c27-20(17-13-23-19(24-14-17)16-4-7-21-8-5-16)26-10-2-1-3-18(26)6-11-25-12-9-22-15-25/h4-5,7-9,12-15,18H,1-3,6,10-11H2/t18-/m0/s1. The van der Waals surface area contributed by atoms with E-state index in [1.807, 2.05) is 29.6 Å². The monoisotopic (exact) mass is 362 g/mol. The zero-order chi connectivity index (χ0) is 18.5. The third kappa shape index (κ3) is 4.02. The van der Waals surface area contributed by atoms with Crippen molar-refractivity contribution in [3.05, 3.63) is 61.2 Å². The van der Waals surface area contributed by atoms with Gasteiger partial charge in [0.1, 0.15) is 0 Å². The molecule has 27 heavy (non-hydrogen) atoms. The predicted molar refractivity (Wildman–Crippen MR) is 101 cm³/mol. The molecule has 0 bridgehead atoms. The van der Waals surface area contributed by atoms with Gasteiger partial charge < -0.3 is 9.47 Å². The highest BCUT2D eigenvalue weighted by Gasteiger charge is 2.27. The predicted octanol–water partition coefficient (Wildman–Crippen LogP) is 2.82. The van der Waals surface area contributed by atoms with Gasteiger partial charge in [-0.3, -0.25) is 9.78 Å². The van der Waals surface area contributed by atoms with Crippen LogP contribution < -0.4 is 0 Å². The molecule has 1 aliphatic rings. The van der Waals surface area contributed by atoms with Gasteiger partial charge in [0.15, 0.2) is 5.82 Å². The zero-order valence-electron chi connectivity index (χ0n) is 15.1. The van der Waals surface area contributed by atoms with E-state index in [4.69, 9.17) is 0 Å². The van der Waals surface area contributed by atoms with Gasteiger partial charge in [-0.05, 0) is 37.8 Å². The Morgan fingerprint density at radius 1 is 1.07 bits per heavy atom. The van der Waals surface area contributed by atoms with Gasteiger partial charge in [-0.2, -0.15) is 0 Å². The molecule has 0 unspecified atom stereocenters. The number of carbonyl (C=O) groups excluding carboxylic acids is 1. The Morgan fingerprint density at radius 3 is 2.63 bits per heavy atom. The Kier molecular flexibility index (Phi) is 5.18. The van der Waals surface area contributed by atoms with Crippen LogP contribution in [0, 0.1) is 0 Å². The Morgan fingerprint density at radius 2 is 1.89 bits per heavy atom. The lowest BCUT2D eigenvalue weighted by atomic mass is 9.98. The normalized spacial score (nSPS) is 17.0. The number of likely N-dealkylation sites (tertiary alicyclic amines) is 1. The van der Waals surface area contributed by atoms with Crippen molar-refractivity contribution < 1.29 is 4.79 Å². The fourth-order valence-electron chi connectivity index (χ4n) is 3.54. The number of amides is 1. The molecule has 0 aromatic carbocycles. The minimum atomic E-state index is 0.0200. The van der Waals surface area contributed by atoms with Crippen LogP contribution in [0.1, 0.15) is 36.0 Å². The molecule has 1 aliphatic heterocycles. The highest BCUT2D eigenvalue weighted by molar-refractivity contribution is 5.94. The Hall–Kier alpha value is -3.09. The molecule has 1 amide bonds. The first kappa shape index (κ1) is 17.3. The topological polar surface area (TPSA) is 76.8 Å². The molecule has 0 N–H and O–H groups in total. The number of piperidine rings is 1. The summed E-state index contributed by atoms with van der Waals surface area (Å²) in [7, 11) is 0. The lowest BCUT2D eigenvalue weighted by Crippen LogP contribution is -2.44. The summed E-state index contributed by atoms with van der Waals surface area (Å²) < 4.78 is 2.06. The van der Waals surface area contributed by atoms with E-state index >= 15 is 0 Å². The fourth-order valence-corrected chi connectivity index (χ4v) is 3.54. The van der Waals surface area contributed by atoms with Crippen molar-refractivity contribution in [1.29, 1.82) is 0 Å². The smallest absolute Gasteiger partial charge is 0.257 e. The Bertz CT molecular complexity index is 863. The second kappa shape index (κ2) is 8.07. The lowest BCUT2D eigenvalue weighted by Gasteiger charge is -2.36. The number of carbonyl (C=O) groups is 1. The van der Waals surface area contributed by atoms with Crippen molar-refractivity contribution in [1.82, 2.24) is 29.4 Å². The summed E-state index contributed by atoms with van der Waals surface area (Å²) in [5.74, 6) is 0.621. The van der Waals surface area contributed by atoms with E-state index in [0.29, 0.717) is 11.4 Å². The summed E-state index contributed by atoms with van der Waals surface area (Å²) in [4.78, 5) is 31.9. The first-order chi connectivity index (χ1) is 13.3. The number of pyridine rings is 1. The molecule has 0 aliphatic carbocycles. The number of hydrogen-bond acceptors (Lipinski definition) is 5. The molecule has 1 fully saturated rings. The van der Waals surface area contributed by atoms with Gasteiger partial charge in [0.25, 0.3) is 5.91 Å². The summed E-state index contributed by atoms with van der Waals surface area (Å²) in [6.45, 7) is 1.66. The van der Waals surface area contributed by atoms with Gasteiger partial charge in [-0.1, -0.05) is 0 Å². The number of nitrogens with zero attached hydrogens (tertiary/aromatic N) is 6.